The van der Waals surface area contributed by atoms with E-state index >= 15 is 0 Å². The van der Waals surface area contributed by atoms with Gasteiger partial charge in [0, 0.05) is 41.0 Å². The van der Waals surface area contributed by atoms with Crippen LogP contribution in [0.4, 0.5) is 5.82 Å². The Kier molecular flexibility index (Phi) is 6.07. The second-order valence-electron chi connectivity index (χ2n) is 7.71. The molecule has 0 unspecified atom stereocenters. The summed E-state index contributed by atoms with van der Waals surface area (Å²) >= 11 is 0. The number of nitrogens with one attached hydrogen (secondary N) is 4. The zero-order valence-corrected chi connectivity index (χ0v) is 18.7. The lowest BCUT2D eigenvalue weighted by Crippen LogP contribution is -2.37. The fourth-order valence-electron chi connectivity index (χ4n) is 3.76. The van der Waals surface area contributed by atoms with Crippen LogP contribution in [0.3, 0.4) is 0 Å². The standard InChI is InChI=1S/C23H25N7O3/c1-4-16-14(3)26-23(28-20(16)31)30-19(11-13(2)29-30)27-22(33)21(32)24-10-9-15-12-25-18-8-6-5-7-17(15)18/h5-8,11-12,25H,4,9-10H2,1-3H3,(H,24,32)(H,27,33)(H,26,28,31). The molecule has 0 atom stereocenters. The summed E-state index contributed by atoms with van der Waals surface area (Å²) in [7, 11) is 0. The van der Waals surface area contributed by atoms with Gasteiger partial charge in [0.25, 0.3) is 5.56 Å². The predicted octanol–water partition coefficient (Wildman–Crippen LogP) is 1.91. The minimum Gasteiger partial charge on any atom is -0.361 e. The Hall–Kier alpha value is -4.21. The van der Waals surface area contributed by atoms with Gasteiger partial charge in [0.2, 0.25) is 5.95 Å². The summed E-state index contributed by atoms with van der Waals surface area (Å²) in [5, 5.41) is 10.6. The second kappa shape index (κ2) is 9.11. The number of rotatable bonds is 6. The van der Waals surface area contributed by atoms with Crippen LogP contribution in [-0.4, -0.2) is 43.1 Å². The van der Waals surface area contributed by atoms with Crippen molar-refractivity contribution in [3.05, 3.63) is 69.4 Å². The maximum Gasteiger partial charge on any atom is 0.314 e. The molecule has 33 heavy (non-hydrogen) atoms. The molecule has 0 aliphatic carbocycles. The number of aryl methyl sites for hydroxylation is 2. The van der Waals surface area contributed by atoms with Gasteiger partial charge in [-0.1, -0.05) is 25.1 Å². The van der Waals surface area contributed by atoms with E-state index in [4.69, 9.17) is 0 Å². The van der Waals surface area contributed by atoms with Gasteiger partial charge in [0.15, 0.2) is 0 Å². The van der Waals surface area contributed by atoms with Crippen LogP contribution in [0.5, 0.6) is 0 Å². The van der Waals surface area contributed by atoms with E-state index in [0.29, 0.717) is 36.3 Å². The summed E-state index contributed by atoms with van der Waals surface area (Å²) < 4.78 is 1.31. The average Bonchev–Trinajstić information content (AvgIpc) is 3.36. The van der Waals surface area contributed by atoms with E-state index in [2.05, 4.69) is 30.7 Å². The fourth-order valence-corrected chi connectivity index (χ4v) is 3.76. The molecule has 10 nitrogen and oxygen atoms in total. The fraction of sp³-hybridized carbons (Fsp3) is 0.261. The molecule has 10 heteroatoms. The number of para-hydroxylation sites is 1. The van der Waals surface area contributed by atoms with E-state index in [9.17, 15) is 14.4 Å². The molecular formula is C23H25N7O3. The van der Waals surface area contributed by atoms with Gasteiger partial charge < -0.3 is 15.6 Å². The minimum absolute atomic E-state index is 0.165. The Morgan fingerprint density at radius 1 is 1.15 bits per heavy atom. The molecule has 3 heterocycles. The van der Waals surface area contributed by atoms with E-state index in [1.54, 1.807) is 19.9 Å². The summed E-state index contributed by atoms with van der Waals surface area (Å²) in [6, 6.07) is 9.49. The molecule has 4 aromatic rings. The van der Waals surface area contributed by atoms with Crippen LogP contribution < -0.4 is 16.2 Å². The second-order valence-corrected chi connectivity index (χ2v) is 7.71. The number of fused-ring (bicyclic) bond motifs is 1. The molecule has 0 bridgehead atoms. The van der Waals surface area contributed by atoms with Gasteiger partial charge in [-0.2, -0.15) is 9.78 Å². The van der Waals surface area contributed by atoms with Crippen LogP contribution in [-0.2, 0) is 22.4 Å². The van der Waals surface area contributed by atoms with Crippen molar-refractivity contribution in [2.75, 3.05) is 11.9 Å². The van der Waals surface area contributed by atoms with Crippen LogP contribution in [0.2, 0.25) is 0 Å². The smallest absolute Gasteiger partial charge is 0.314 e. The number of H-pyrrole nitrogens is 2. The van der Waals surface area contributed by atoms with Gasteiger partial charge in [-0.25, -0.2) is 4.98 Å². The highest BCUT2D eigenvalue weighted by Crippen LogP contribution is 2.18. The van der Waals surface area contributed by atoms with Crippen molar-refractivity contribution in [3.63, 3.8) is 0 Å². The average molecular weight is 447 g/mol. The SMILES string of the molecule is CCc1c(C)nc(-n2nc(C)cc2NC(=O)C(=O)NCCc2c[nH]c3ccccc23)[nH]c1=O. The first kappa shape index (κ1) is 22.0. The number of aromatic amines is 2. The normalized spacial score (nSPS) is 11.0. The molecule has 0 radical (unpaired) electrons. The summed E-state index contributed by atoms with van der Waals surface area (Å²) in [5.41, 5.74) is 3.57. The highest BCUT2D eigenvalue weighted by atomic mass is 16.2. The monoisotopic (exact) mass is 447 g/mol. The van der Waals surface area contributed by atoms with Crippen molar-refractivity contribution in [1.82, 2.24) is 30.0 Å². The highest BCUT2D eigenvalue weighted by molar-refractivity contribution is 6.39. The number of aromatic nitrogens is 5. The molecular weight excluding hydrogens is 422 g/mol. The highest BCUT2D eigenvalue weighted by Gasteiger charge is 2.19. The molecule has 0 spiro atoms. The number of amides is 2. The topological polar surface area (TPSA) is 138 Å². The zero-order valence-electron chi connectivity index (χ0n) is 18.7. The molecule has 0 aliphatic heterocycles. The number of carbonyl (C=O) groups is 2. The first-order valence-electron chi connectivity index (χ1n) is 10.7. The van der Waals surface area contributed by atoms with Crippen LogP contribution in [0.15, 0.2) is 41.3 Å². The third kappa shape index (κ3) is 4.54. The molecule has 4 rings (SSSR count). The Balaban J connectivity index is 1.43. The van der Waals surface area contributed by atoms with E-state index < -0.39 is 11.8 Å². The molecule has 0 fully saturated rings. The largest absolute Gasteiger partial charge is 0.361 e. The van der Waals surface area contributed by atoms with Crippen molar-refractivity contribution in [3.8, 4) is 5.95 Å². The molecule has 0 saturated heterocycles. The van der Waals surface area contributed by atoms with Crippen molar-refractivity contribution < 1.29 is 9.59 Å². The Morgan fingerprint density at radius 2 is 1.94 bits per heavy atom. The van der Waals surface area contributed by atoms with Crippen LogP contribution >= 0.6 is 0 Å². The van der Waals surface area contributed by atoms with Crippen LogP contribution in [0.25, 0.3) is 16.9 Å². The van der Waals surface area contributed by atoms with E-state index in [1.807, 2.05) is 37.4 Å². The Bertz CT molecular complexity index is 1400. The van der Waals surface area contributed by atoms with Crippen LogP contribution in [0, 0.1) is 13.8 Å². The third-order valence-corrected chi connectivity index (χ3v) is 5.40. The van der Waals surface area contributed by atoms with Gasteiger partial charge in [-0.05, 0) is 38.3 Å². The van der Waals surface area contributed by atoms with Crippen LogP contribution in [0.1, 0.15) is 29.4 Å². The van der Waals surface area contributed by atoms with Crippen molar-refractivity contribution in [2.45, 2.75) is 33.6 Å². The van der Waals surface area contributed by atoms with Crippen molar-refractivity contribution >= 4 is 28.5 Å². The number of benzene rings is 1. The molecule has 170 valence electrons. The summed E-state index contributed by atoms with van der Waals surface area (Å²) in [4.78, 5) is 47.4. The number of carbonyl (C=O) groups excluding carboxylic acids is 2. The van der Waals surface area contributed by atoms with E-state index in [1.165, 1.54) is 4.68 Å². The van der Waals surface area contributed by atoms with Gasteiger partial charge in [0.05, 0.1) is 5.69 Å². The number of anilines is 1. The van der Waals surface area contributed by atoms with Crippen molar-refractivity contribution in [1.29, 1.82) is 0 Å². The molecule has 4 N–H and O–H groups in total. The first-order chi connectivity index (χ1) is 15.9. The molecule has 2 amide bonds. The van der Waals surface area contributed by atoms with Gasteiger partial charge in [-0.3, -0.25) is 19.4 Å². The summed E-state index contributed by atoms with van der Waals surface area (Å²) in [6.45, 7) is 5.66. The summed E-state index contributed by atoms with van der Waals surface area (Å²) in [5.74, 6) is -1.20. The number of nitrogens with zero attached hydrogens (tertiary/aromatic N) is 3. The maximum absolute atomic E-state index is 12.5. The lowest BCUT2D eigenvalue weighted by atomic mass is 10.1. The van der Waals surface area contributed by atoms with Gasteiger partial charge in [0.1, 0.15) is 5.82 Å². The lowest BCUT2D eigenvalue weighted by molar-refractivity contribution is -0.136. The molecule has 0 aliphatic rings. The quantitative estimate of drug-likeness (QED) is 0.335. The zero-order chi connectivity index (χ0) is 23.5. The first-order valence-corrected chi connectivity index (χ1v) is 10.7. The third-order valence-electron chi connectivity index (χ3n) is 5.40. The van der Waals surface area contributed by atoms with Gasteiger partial charge >= 0.3 is 11.8 Å². The van der Waals surface area contributed by atoms with Gasteiger partial charge in [-0.15, -0.1) is 0 Å². The lowest BCUT2D eigenvalue weighted by Gasteiger charge is -2.10. The van der Waals surface area contributed by atoms with Crippen molar-refractivity contribution in [2.24, 2.45) is 0 Å². The molecule has 1 aromatic carbocycles. The summed E-state index contributed by atoms with van der Waals surface area (Å²) in [6.07, 6.45) is 3.03. The molecule has 0 saturated carbocycles. The Labute approximate surface area is 189 Å². The number of hydrogen-bond donors (Lipinski definition) is 4. The van der Waals surface area contributed by atoms with E-state index in [0.717, 1.165) is 16.5 Å². The molecule has 3 aromatic heterocycles. The Morgan fingerprint density at radius 3 is 2.70 bits per heavy atom. The van der Waals surface area contributed by atoms with E-state index in [-0.39, 0.29) is 17.3 Å². The maximum atomic E-state index is 12.5. The number of hydrogen-bond acceptors (Lipinski definition) is 5. The predicted molar refractivity (Wildman–Crippen MR) is 124 cm³/mol. The minimum atomic E-state index is -0.834.